The Morgan fingerprint density at radius 2 is 1.77 bits per heavy atom. The summed E-state index contributed by atoms with van der Waals surface area (Å²) >= 11 is 0. The van der Waals surface area contributed by atoms with E-state index in [0.717, 1.165) is 60.2 Å². The standard InChI is InChI=1S/C17H22N4O/c1-11-12(2)19-17-14(18-11)10-15(21-6-8-22-9-7-21)20-16(17)13-4-3-5-13/h10,13H,3-9H2,1-2H3. The highest BCUT2D eigenvalue weighted by atomic mass is 16.5. The van der Waals surface area contributed by atoms with Gasteiger partial charge in [-0.15, -0.1) is 0 Å². The first-order valence-electron chi connectivity index (χ1n) is 8.21. The van der Waals surface area contributed by atoms with Gasteiger partial charge in [-0.1, -0.05) is 6.42 Å². The van der Waals surface area contributed by atoms with Gasteiger partial charge in [-0.2, -0.15) is 0 Å². The van der Waals surface area contributed by atoms with Crippen molar-refractivity contribution in [2.75, 3.05) is 31.2 Å². The van der Waals surface area contributed by atoms with Crippen LogP contribution in [-0.2, 0) is 4.74 Å². The van der Waals surface area contributed by atoms with Crippen molar-refractivity contribution in [2.45, 2.75) is 39.0 Å². The van der Waals surface area contributed by atoms with E-state index >= 15 is 0 Å². The van der Waals surface area contributed by atoms with Crippen LogP contribution in [0, 0.1) is 13.8 Å². The third kappa shape index (κ3) is 2.33. The number of hydrogen-bond acceptors (Lipinski definition) is 5. The lowest BCUT2D eigenvalue weighted by molar-refractivity contribution is 0.122. The molecule has 116 valence electrons. The number of rotatable bonds is 2. The van der Waals surface area contributed by atoms with Crippen LogP contribution in [0.2, 0.25) is 0 Å². The summed E-state index contributed by atoms with van der Waals surface area (Å²) in [7, 11) is 0. The lowest BCUT2D eigenvalue weighted by Gasteiger charge is -2.30. The Hall–Kier alpha value is -1.75. The highest BCUT2D eigenvalue weighted by Crippen LogP contribution is 2.39. The maximum atomic E-state index is 5.46. The fourth-order valence-corrected chi connectivity index (χ4v) is 3.16. The van der Waals surface area contributed by atoms with Gasteiger partial charge in [0.15, 0.2) is 0 Å². The van der Waals surface area contributed by atoms with Crippen molar-refractivity contribution in [2.24, 2.45) is 0 Å². The van der Waals surface area contributed by atoms with Crippen LogP contribution in [0.1, 0.15) is 42.3 Å². The van der Waals surface area contributed by atoms with Crippen LogP contribution < -0.4 is 4.90 Å². The molecule has 1 saturated carbocycles. The van der Waals surface area contributed by atoms with Gasteiger partial charge < -0.3 is 9.64 Å². The number of aromatic nitrogens is 3. The first-order valence-corrected chi connectivity index (χ1v) is 8.21. The molecule has 3 heterocycles. The van der Waals surface area contributed by atoms with Crippen molar-refractivity contribution in [3.63, 3.8) is 0 Å². The van der Waals surface area contributed by atoms with Gasteiger partial charge in [0.1, 0.15) is 11.3 Å². The van der Waals surface area contributed by atoms with Crippen molar-refractivity contribution in [3.8, 4) is 0 Å². The molecule has 22 heavy (non-hydrogen) atoms. The summed E-state index contributed by atoms with van der Waals surface area (Å²) in [4.78, 5) is 16.9. The Labute approximate surface area is 130 Å². The average molecular weight is 298 g/mol. The highest BCUT2D eigenvalue weighted by molar-refractivity contribution is 5.80. The average Bonchev–Trinajstić information content (AvgIpc) is 2.48. The normalized spacial score (nSPS) is 19.5. The van der Waals surface area contributed by atoms with E-state index in [9.17, 15) is 0 Å². The molecule has 1 aliphatic heterocycles. The highest BCUT2D eigenvalue weighted by Gasteiger charge is 2.26. The molecule has 0 bridgehead atoms. The van der Waals surface area contributed by atoms with E-state index in [0.29, 0.717) is 5.92 Å². The second-order valence-electron chi connectivity index (χ2n) is 6.36. The third-order valence-electron chi connectivity index (χ3n) is 4.90. The van der Waals surface area contributed by atoms with E-state index < -0.39 is 0 Å². The van der Waals surface area contributed by atoms with Crippen molar-refractivity contribution in [1.29, 1.82) is 0 Å². The van der Waals surface area contributed by atoms with Gasteiger partial charge >= 0.3 is 0 Å². The Morgan fingerprint density at radius 3 is 2.45 bits per heavy atom. The van der Waals surface area contributed by atoms with Gasteiger partial charge in [0.25, 0.3) is 0 Å². The molecule has 0 spiro atoms. The fourth-order valence-electron chi connectivity index (χ4n) is 3.16. The molecular formula is C17H22N4O. The van der Waals surface area contributed by atoms with Crippen LogP contribution in [0.4, 0.5) is 5.82 Å². The maximum absolute atomic E-state index is 5.46. The summed E-state index contributed by atoms with van der Waals surface area (Å²) in [5.74, 6) is 1.59. The summed E-state index contributed by atoms with van der Waals surface area (Å²) in [5, 5.41) is 0. The van der Waals surface area contributed by atoms with Gasteiger partial charge in [-0.05, 0) is 26.7 Å². The van der Waals surface area contributed by atoms with E-state index in [-0.39, 0.29) is 0 Å². The molecule has 0 unspecified atom stereocenters. The smallest absolute Gasteiger partial charge is 0.131 e. The van der Waals surface area contributed by atoms with Crippen LogP contribution in [-0.4, -0.2) is 41.3 Å². The predicted molar refractivity (Wildman–Crippen MR) is 86.4 cm³/mol. The molecule has 2 aliphatic rings. The van der Waals surface area contributed by atoms with Crippen LogP contribution in [0.25, 0.3) is 11.0 Å². The van der Waals surface area contributed by atoms with Crippen molar-refractivity contribution < 1.29 is 4.74 Å². The molecule has 0 N–H and O–H groups in total. The molecule has 0 amide bonds. The molecule has 2 fully saturated rings. The molecule has 4 rings (SSSR count). The number of ether oxygens (including phenoxy) is 1. The second-order valence-corrected chi connectivity index (χ2v) is 6.36. The number of nitrogens with zero attached hydrogens (tertiary/aromatic N) is 4. The number of fused-ring (bicyclic) bond motifs is 1. The van der Waals surface area contributed by atoms with Gasteiger partial charge in [0, 0.05) is 25.1 Å². The number of hydrogen-bond donors (Lipinski definition) is 0. The molecule has 0 radical (unpaired) electrons. The first-order chi connectivity index (χ1) is 10.7. The van der Waals surface area contributed by atoms with Crippen molar-refractivity contribution in [1.82, 2.24) is 15.0 Å². The Morgan fingerprint density at radius 1 is 1.05 bits per heavy atom. The number of anilines is 1. The van der Waals surface area contributed by atoms with Crippen LogP contribution in [0.15, 0.2) is 6.07 Å². The number of pyridine rings is 1. The zero-order valence-electron chi connectivity index (χ0n) is 13.3. The molecular weight excluding hydrogens is 276 g/mol. The molecule has 0 aromatic carbocycles. The molecule has 2 aromatic heterocycles. The minimum Gasteiger partial charge on any atom is -0.378 e. The summed E-state index contributed by atoms with van der Waals surface area (Å²) < 4.78 is 5.46. The zero-order chi connectivity index (χ0) is 15.1. The van der Waals surface area contributed by atoms with E-state index in [2.05, 4.69) is 11.0 Å². The third-order valence-corrected chi connectivity index (χ3v) is 4.90. The summed E-state index contributed by atoms with van der Waals surface area (Å²) in [6.07, 6.45) is 3.75. The van der Waals surface area contributed by atoms with Crippen LogP contribution >= 0.6 is 0 Å². The maximum Gasteiger partial charge on any atom is 0.131 e. The van der Waals surface area contributed by atoms with E-state index in [1.165, 1.54) is 19.3 Å². The van der Waals surface area contributed by atoms with Gasteiger partial charge in [0.05, 0.1) is 35.8 Å². The number of morpholine rings is 1. The van der Waals surface area contributed by atoms with Gasteiger partial charge in [-0.25, -0.2) is 15.0 Å². The van der Waals surface area contributed by atoms with E-state index in [4.69, 9.17) is 19.7 Å². The Bertz CT molecular complexity index is 705. The monoisotopic (exact) mass is 298 g/mol. The van der Waals surface area contributed by atoms with Crippen molar-refractivity contribution >= 4 is 16.9 Å². The summed E-state index contributed by atoms with van der Waals surface area (Å²) in [5.41, 5.74) is 5.16. The van der Waals surface area contributed by atoms with Gasteiger partial charge in [0.2, 0.25) is 0 Å². The van der Waals surface area contributed by atoms with Gasteiger partial charge in [-0.3, -0.25) is 0 Å². The second kappa shape index (κ2) is 5.47. The lowest BCUT2D eigenvalue weighted by Crippen LogP contribution is -2.37. The lowest BCUT2D eigenvalue weighted by atomic mass is 9.82. The number of aryl methyl sites for hydroxylation is 2. The minimum atomic E-state index is 0.555. The van der Waals surface area contributed by atoms with E-state index in [1.807, 2.05) is 13.8 Å². The quantitative estimate of drug-likeness (QED) is 0.853. The Kier molecular flexibility index (Phi) is 3.45. The molecule has 2 aromatic rings. The van der Waals surface area contributed by atoms with Crippen molar-refractivity contribution in [3.05, 3.63) is 23.1 Å². The predicted octanol–water partition coefficient (Wildman–Crippen LogP) is 2.75. The first kappa shape index (κ1) is 13.9. The Balaban J connectivity index is 1.85. The molecule has 1 saturated heterocycles. The largest absolute Gasteiger partial charge is 0.378 e. The zero-order valence-corrected chi connectivity index (χ0v) is 13.3. The molecule has 5 nitrogen and oxygen atoms in total. The molecule has 0 atom stereocenters. The van der Waals surface area contributed by atoms with Crippen LogP contribution in [0.3, 0.4) is 0 Å². The summed E-state index contributed by atoms with van der Waals surface area (Å²) in [6, 6.07) is 2.10. The fraction of sp³-hybridized carbons (Fsp3) is 0.588. The SMILES string of the molecule is Cc1nc2cc(N3CCOCC3)nc(C3CCC3)c2nc1C. The van der Waals surface area contributed by atoms with Crippen LogP contribution in [0.5, 0.6) is 0 Å². The minimum absolute atomic E-state index is 0.555. The topological polar surface area (TPSA) is 51.1 Å². The molecule has 5 heteroatoms. The van der Waals surface area contributed by atoms with E-state index in [1.54, 1.807) is 0 Å². The summed E-state index contributed by atoms with van der Waals surface area (Å²) in [6.45, 7) is 7.41. The molecule has 1 aliphatic carbocycles.